The van der Waals surface area contributed by atoms with E-state index in [1.54, 1.807) is 13.2 Å². The molecule has 1 aromatic heterocycles. The Balaban J connectivity index is 1.98. The van der Waals surface area contributed by atoms with Crippen LogP contribution in [0.1, 0.15) is 19.5 Å². The van der Waals surface area contributed by atoms with Gasteiger partial charge in [-0.2, -0.15) is 17.0 Å². The molecule has 7 heteroatoms. The monoisotopic (exact) mass is 313 g/mol. The van der Waals surface area contributed by atoms with Crippen LogP contribution in [0.15, 0.2) is 24.4 Å². The highest BCUT2D eigenvalue weighted by molar-refractivity contribution is 7.86. The van der Waals surface area contributed by atoms with E-state index in [4.69, 9.17) is 4.74 Å². The van der Waals surface area contributed by atoms with Crippen molar-refractivity contribution in [1.82, 2.24) is 13.6 Å². The maximum atomic E-state index is 12.6. The molecule has 2 atom stereocenters. The second-order valence-corrected chi connectivity index (χ2v) is 7.51. The predicted molar refractivity (Wildman–Crippen MR) is 81.1 cm³/mol. The van der Waals surface area contributed by atoms with Gasteiger partial charge in [-0.3, -0.25) is 4.98 Å². The molecule has 2 heterocycles. The van der Waals surface area contributed by atoms with Crippen LogP contribution in [0.2, 0.25) is 0 Å². The molecule has 1 saturated heterocycles. The number of pyridine rings is 1. The van der Waals surface area contributed by atoms with Crippen LogP contribution in [0.25, 0.3) is 0 Å². The van der Waals surface area contributed by atoms with Gasteiger partial charge in [0.15, 0.2) is 0 Å². The Hall–Kier alpha value is -1.02. The zero-order chi connectivity index (χ0) is 15.5. The summed E-state index contributed by atoms with van der Waals surface area (Å²) in [7, 11) is -1.82. The first kappa shape index (κ1) is 16.4. The molecule has 1 aliphatic rings. The van der Waals surface area contributed by atoms with Gasteiger partial charge in [0.25, 0.3) is 10.2 Å². The normalized spacial score (nSPS) is 24.4. The van der Waals surface area contributed by atoms with E-state index < -0.39 is 10.2 Å². The van der Waals surface area contributed by atoms with Crippen molar-refractivity contribution in [2.24, 2.45) is 0 Å². The van der Waals surface area contributed by atoms with E-state index in [9.17, 15) is 8.42 Å². The standard InChI is InChI=1S/C14H23N3O3S/c1-12-10-17(11-13(2)20-12)21(18,19)16(3)9-7-14-6-4-5-8-15-14/h4-6,8,12-13H,7,9-11H2,1-3H3. The van der Waals surface area contributed by atoms with Crippen molar-refractivity contribution < 1.29 is 13.2 Å². The summed E-state index contributed by atoms with van der Waals surface area (Å²) >= 11 is 0. The predicted octanol–water partition coefficient (Wildman–Crippen LogP) is 0.910. The summed E-state index contributed by atoms with van der Waals surface area (Å²) < 4.78 is 33.6. The minimum atomic E-state index is -3.44. The van der Waals surface area contributed by atoms with Gasteiger partial charge in [0.05, 0.1) is 12.2 Å². The third-order valence-electron chi connectivity index (χ3n) is 3.52. The fraction of sp³-hybridized carbons (Fsp3) is 0.643. The van der Waals surface area contributed by atoms with Crippen LogP contribution in [0, 0.1) is 0 Å². The van der Waals surface area contributed by atoms with Crippen LogP contribution in [-0.4, -0.2) is 60.9 Å². The number of rotatable bonds is 5. The van der Waals surface area contributed by atoms with Gasteiger partial charge < -0.3 is 4.74 Å². The van der Waals surface area contributed by atoms with Crippen molar-refractivity contribution in [3.63, 3.8) is 0 Å². The lowest BCUT2D eigenvalue weighted by atomic mass is 10.3. The van der Waals surface area contributed by atoms with Crippen LogP contribution in [-0.2, 0) is 21.4 Å². The Morgan fingerprint density at radius 3 is 2.57 bits per heavy atom. The third-order valence-corrected chi connectivity index (χ3v) is 5.44. The third kappa shape index (κ3) is 4.23. The number of morpholine rings is 1. The van der Waals surface area contributed by atoms with Gasteiger partial charge >= 0.3 is 0 Å². The van der Waals surface area contributed by atoms with E-state index in [-0.39, 0.29) is 12.2 Å². The molecule has 2 rings (SSSR count). The summed E-state index contributed by atoms with van der Waals surface area (Å²) in [4.78, 5) is 4.21. The minimum absolute atomic E-state index is 0.0762. The molecule has 1 fully saturated rings. The second kappa shape index (κ2) is 6.83. The highest BCUT2D eigenvalue weighted by atomic mass is 32.2. The van der Waals surface area contributed by atoms with E-state index in [2.05, 4.69) is 4.98 Å². The number of aromatic nitrogens is 1. The van der Waals surface area contributed by atoms with Crippen molar-refractivity contribution in [3.05, 3.63) is 30.1 Å². The van der Waals surface area contributed by atoms with Crippen molar-refractivity contribution in [3.8, 4) is 0 Å². The van der Waals surface area contributed by atoms with Gasteiger partial charge in [-0.25, -0.2) is 0 Å². The topological polar surface area (TPSA) is 62.7 Å². The lowest BCUT2D eigenvalue weighted by Gasteiger charge is -2.36. The number of hydrogen-bond donors (Lipinski definition) is 0. The van der Waals surface area contributed by atoms with Crippen molar-refractivity contribution in [1.29, 1.82) is 0 Å². The van der Waals surface area contributed by atoms with Crippen LogP contribution in [0.5, 0.6) is 0 Å². The molecule has 21 heavy (non-hydrogen) atoms. The Bertz CT molecular complexity index is 540. The molecular formula is C14H23N3O3S. The molecule has 118 valence electrons. The van der Waals surface area contributed by atoms with Crippen LogP contribution >= 0.6 is 0 Å². The SMILES string of the molecule is CC1CN(S(=O)(=O)N(C)CCc2ccccn2)CC(C)O1. The summed E-state index contributed by atoms with van der Waals surface area (Å²) in [6, 6.07) is 5.65. The average Bonchev–Trinajstić information content (AvgIpc) is 2.44. The van der Waals surface area contributed by atoms with Crippen LogP contribution in [0.4, 0.5) is 0 Å². The molecule has 0 amide bonds. The number of ether oxygens (including phenoxy) is 1. The van der Waals surface area contributed by atoms with Gasteiger partial charge in [0, 0.05) is 45.0 Å². The van der Waals surface area contributed by atoms with Crippen LogP contribution in [0.3, 0.4) is 0 Å². The fourth-order valence-electron chi connectivity index (χ4n) is 2.45. The molecule has 1 aromatic rings. The summed E-state index contributed by atoms with van der Waals surface area (Å²) in [5, 5.41) is 0. The highest BCUT2D eigenvalue weighted by Gasteiger charge is 2.33. The molecule has 0 aromatic carbocycles. The maximum Gasteiger partial charge on any atom is 0.281 e. The average molecular weight is 313 g/mol. The maximum absolute atomic E-state index is 12.6. The first-order chi connectivity index (χ1) is 9.89. The molecule has 0 aliphatic carbocycles. The molecule has 0 spiro atoms. The molecule has 6 nitrogen and oxygen atoms in total. The molecule has 1 aliphatic heterocycles. The molecule has 0 N–H and O–H groups in total. The smallest absolute Gasteiger partial charge is 0.281 e. The lowest BCUT2D eigenvalue weighted by Crippen LogP contribution is -2.52. The van der Waals surface area contributed by atoms with Crippen molar-refractivity contribution in [2.45, 2.75) is 32.5 Å². The summed E-state index contributed by atoms with van der Waals surface area (Å²) in [5.74, 6) is 0. The second-order valence-electron chi connectivity index (χ2n) is 5.47. The Morgan fingerprint density at radius 1 is 1.33 bits per heavy atom. The minimum Gasteiger partial charge on any atom is -0.373 e. The number of nitrogens with zero attached hydrogens (tertiary/aromatic N) is 3. The first-order valence-corrected chi connectivity index (χ1v) is 8.56. The van der Waals surface area contributed by atoms with E-state index in [0.717, 1.165) is 5.69 Å². The Labute approximate surface area is 126 Å². The van der Waals surface area contributed by atoms with Crippen molar-refractivity contribution >= 4 is 10.2 Å². The molecule has 0 bridgehead atoms. The van der Waals surface area contributed by atoms with Gasteiger partial charge in [0.1, 0.15) is 0 Å². The van der Waals surface area contributed by atoms with Gasteiger partial charge in [-0.05, 0) is 26.0 Å². The van der Waals surface area contributed by atoms with E-state index in [1.807, 2.05) is 32.0 Å². The molecule has 2 unspecified atom stereocenters. The number of hydrogen-bond acceptors (Lipinski definition) is 4. The van der Waals surface area contributed by atoms with Crippen LogP contribution < -0.4 is 0 Å². The largest absolute Gasteiger partial charge is 0.373 e. The Morgan fingerprint density at radius 2 is 2.00 bits per heavy atom. The lowest BCUT2D eigenvalue weighted by molar-refractivity contribution is -0.0452. The van der Waals surface area contributed by atoms with Gasteiger partial charge in [0.2, 0.25) is 0 Å². The van der Waals surface area contributed by atoms with Gasteiger partial charge in [-0.1, -0.05) is 6.07 Å². The Kier molecular flexibility index (Phi) is 5.32. The van der Waals surface area contributed by atoms with Crippen molar-refractivity contribution in [2.75, 3.05) is 26.7 Å². The van der Waals surface area contributed by atoms with Gasteiger partial charge in [-0.15, -0.1) is 0 Å². The summed E-state index contributed by atoms with van der Waals surface area (Å²) in [6.45, 7) is 5.01. The van der Waals surface area contributed by atoms with E-state index >= 15 is 0 Å². The van der Waals surface area contributed by atoms with E-state index in [0.29, 0.717) is 26.1 Å². The zero-order valence-electron chi connectivity index (χ0n) is 12.8. The highest BCUT2D eigenvalue weighted by Crippen LogP contribution is 2.16. The fourth-order valence-corrected chi connectivity index (χ4v) is 3.96. The zero-order valence-corrected chi connectivity index (χ0v) is 13.6. The summed E-state index contributed by atoms with van der Waals surface area (Å²) in [5.41, 5.74) is 0.892. The molecular weight excluding hydrogens is 290 g/mol. The van der Waals surface area contributed by atoms with E-state index in [1.165, 1.54) is 8.61 Å². The molecule has 0 saturated carbocycles. The summed E-state index contributed by atoms with van der Waals surface area (Å²) in [6.07, 6.45) is 2.17. The number of likely N-dealkylation sites (N-methyl/N-ethyl adjacent to an activating group) is 1. The first-order valence-electron chi connectivity index (χ1n) is 7.16. The quantitative estimate of drug-likeness (QED) is 0.810. The molecule has 0 radical (unpaired) electrons.